The van der Waals surface area contributed by atoms with Gasteiger partial charge in [-0.2, -0.15) is 5.26 Å². The molecule has 0 unspecified atom stereocenters. The van der Waals surface area contributed by atoms with Crippen LogP contribution >= 0.6 is 11.8 Å². The SMILES string of the molecule is Cc1c(C#N)c(NC(=O)CSc2nnc(C3CC3)n2-c2ccccc2)n(-c2cccc(F)c2)c1C. The predicted octanol–water partition coefficient (Wildman–Crippen LogP) is 5.29. The van der Waals surface area contributed by atoms with E-state index in [0.29, 0.717) is 28.1 Å². The summed E-state index contributed by atoms with van der Waals surface area (Å²) in [7, 11) is 0. The molecule has 7 nitrogen and oxygen atoms in total. The van der Waals surface area contributed by atoms with Gasteiger partial charge in [0.25, 0.3) is 0 Å². The summed E-state index contributed by atoms with van der Waals surface area (Å²) in [6.07, 6.45) is 2.17. The molecule has 176 valence electrons. The highest BCUT2D eigenvalue weighted by atomic mass is 32.2. The summed E-state index contributed by atoms with van der Waals surface area (Å²) in [5, 5.41) is 22.0. The molecule has 1 aliphatic carbocycles. The van der Waals surface area contributed by atoms with E-state index >= 15 is 0 Å². The molecule has 0 saturated heterocycles. The molecule has 0 atom stereocenters. The number of anilines is 1. The Hall–Kier alpha value is -3.90. The van der Waals surface area contributed by atoms with Crippen LogP contribution in [0.25, 0.3) is 11.4 Å². The zero-order chi connectivity index (χ0) is 24.5. The number of hydrogen-bond acceptors (Lipinski definition) is 5. The van der Waals surface area contributed by atoms with Crippen molar-refractivity contribution in [2.24, 2.45) is 0 Å². The molecule has 5 rings (SSSR count). The van der Waals surface area contributed by atoms with E-state index < -0.39 is 5.82 Å². The summed E-state index contributed by atoms with van der Waals surface area (Å²) in [6.45, 7) is 3.66. The highest BCUT2D eigenvalue weighted by Crippen LogP contribution is 2.41. The molecule has 35 heavy (non-hydrogen) atoms. The van der Waals surface area contributed by atoms with Crippen molar-refractivity contribution in [3.63, 3.8) is 0 Å². The lowest BCUT2D eigenvalue weighted by atomic mass is 10.2. The van der Waals surface area contributed by atoms with Crippen LogP contribution in [0.5, 0.6) is 0 Å². The lowest BCUT2D eigenvalue weighted by Gasteiger charge is -2.13. The van der Waals surface area contributed by atoms with Gasteiger partial charge in [-0.05, 0) is 62.6 Å². The maximum absolute atomic E-state index is 13.9. The number of amides is 1. The van der Waals surface area contributed by atoms with E-state index in [4.69, 9.17) is 0 Å². The van der Waals surface area contributed by atoms with E-state index in [1.807, 2.05) is 48.7 Å². The minimum Gasteiger partial charge on any atom is -0.310 e. The molecule has 0 bridgehead atoms. The van der Waals surface area contributed by atoms with E-state index in [-0.39, 0.29) is 11.7 Å². The summed E-state index contributed by atoms with van der Waals surface area (Å²) in [6, 6.07) is 18.1. The second-order valence-corrected chi connectivity index (χ2v) is 9.43. The van der Waals surface area contributed by atoms with Crippen molar-refractivity contribution in [1.82, 2.24) is 19.3 Å². The molecule has 4 aromatic rings. The highest BCUT2D eigenvalue weighted by Gasteiger charge is 2.31. The molecule has 2 heterocycles. The average Bonchev–Trinajstić information content (AvgIpc) is 3.57. The van der Waals surface area contributed by atoms with Gasteiger partial charge in [-0.15, -0.1) is 10.2 Å². The van der Waals surface area contributed by atoms with Crippen molar-refractivity contribution < 1.29 is 9.18 Å². The third-order valence-electron chi connectivity index (χ3n) is 6.10. The van der Waals surface area contributed by atoms with Crippen LogP contribution < -0.4 is 5.32 Å². The Kier molecular flexibility index (Phi) is 6.14. The zero-order valence-electron chi connectivity index (χ0n) is 19.3. The van der Waals surface area contributed by atoms with Crippen LogP contribution in [-0.4, -0.2) is 31.0 Å². The summed E-state index contributed by atoms with van der Waals surface area (Å²) in [5.74, 6) is 1.03. The molecule has 0 spiro atoms. The first kappa shape index (κ1) is 22.9. The van der Waals surface area contributed by atoms with Crippen LogP contribution in [-0.2, 0) is 4.79 Å². The molecule has 1 saturated carbocycles. The number of carbonyl (C=O) groups excluding carboxylic acids is 1. The third-order valence-corrected chi connectivity index (χ3v) is 7.03. The first-order valence-corrected chi connectivity index (χ1v) is 12.3. The molecular weight excluding hydrogens is 463 g/mol. The van der Waals surface area contributed by atoms with Crippen LogP contribution in [0.4, 0.5) is 10.2 Å². The average molecular weight is 487 g/mol. The van der Waals surface area contributed by atoms with Gasteiger partial charge in [0.2, 0.25) is 5.91 Å². The Morgan fingerprint density at radius 3 is 2.54 bits per heavy atom. The molecule has 0 aliphatic heterocycles. The fraction of sp³-hybridized carbons (Fsp3) is 0.231. The Morgan fingerprint density at radius 1 is 1.11 bits per heavy atom. The number of thioether (sulfide) groups is 1. The topological polar surface area (TPSA) is 88.5 Å². The van der Waals surface area contributed by atoms with Crippen LogP contribution in [0.15, 0.2) is 59.8 Å². The molecule has 1 N–H and O–H groups in total. The van der Waals surface area contributed by atoms with Gasteiger partial charge in [0, 0.05) is 17.3 Å². The highest BCUT2D eigenvalue weighted by molar-refractivity contribution is 7.99. The van der Waals surface area contributed by atoms with Gasteiger partial charge >= 0.3 is 0 Å². The van der Waals surface area contributed by atoms with Crippen molar-refractivity contribution in [3.05, 3.63) is 83.1 Å². The smallest absolute Gasteiger partial charge is 0.236 e. The quantitative estimate of drug-likeness (QED) is 0.359. The van der Waals surface area contributed by atoms with Gasteiger partial charge in [0.15, 0.2) is 5.16 Å². The van der Waals surface area contributed by atoms with Crippen molar-refractivity contribution in [1.29, 1.82) is 5.26 Å². The fourth-order valence-electron chi connectivity index (χ4n) is 4.10. The van der Waals surface area contributed by atoms with E-state index in [1.54, 1.807) is 16.7 Å². The minimum atomic E-state index is -0.397. The van der Waals surface area contributed by atoms with Crippen LogP contribution in [0, 0.1) is 31.0 Å². The van der Waals surface area contributed by atoms with Crippen LogP contribution in [0.1, 0.15) is 41.4 Å². The predicted molar refractivity (Wildman–Crippen MR) is 133 cm³/mol. The lowest BCUT2D eigenvalue weighted by molar-refractivity contribution is -0.113. The molecule has 2 aromatic heterocycles. The number of benzene rings is 2. The Labute approximate surface area is 206 Å². The van der Waals surface area contributed by atoms with E-state index in [9.17, 15) is 14.4 Å². The Balaban J connectivity index is 1.41. The molecule has 0 radical (unpaired) electrons. The van der Waals surface area contributed by atoms with Gasteiger partial charge in [-0.25, -0.2) is 4.39 Å². The number of para-hydroxylation sites is 1. The van der Waals surface area contributed by atoms with Crippen LogP contribution in [0.2, 0.25) is 0 Å². The standard InChI is InChI=1S/C26H23FN6OS/c1-16-17(2)32(21-10-6-7-19(27)13-21)25(22(16)14-28)29-23(34)15-35-26-31-30-24(18-11-12-18)33(26)20-8-4-3-5-9-20/h3-10,13,18H,11-12,15H2,1-2H3,(H,29,34). The van der Waals surface area contributed by atoms with Crippen molar-refractivity contribution in [3.8, 4) is 17.4 Å². The normalized spacial score (nSPS) is 13.0. The second kappa shape index (κ2) is 9.39. The number of nitriles is 1. The first-order chi connectivity index (χ1) is 17.0. The largest absolute Gasteiger partial charge is 0.310 e. The van der Waals surface area contributed by atoms with Gasteiger partial charge < -0.3 is 5.32 Å². The summed E-state index contributed by atoms with van der Waals surface area (Å²) >= 11 is 1.29. The Bertz CT molecular complexity index is 1450. The number of rotatable bonds is 7. The number of halogens is 1. The molecule has 9 heteroatoms. The molecule has 1 amide bonds. The van der Waals surface area contributed by atoms with E-state index in [2.05, 4.69) is 21.6 Å². The third kappa shape index (κ3) is 4.45. The monoisotopic (exact) mass is 486 g/mol. The number of aromatic nitrogens is 4. The fourth-order valence-corrected chi connectivity index (χ4v) is 4.86. The lowest BCUT2D eigenvalue weighted by Crippen LogP contribution is -2.18. The molecular formula is C26H23FN6OS. The zero-order valence-corrected chi connectivity index (χ0v) is 20.1. The van der Waals surface area contributed by atoms with Crippen molar-refractivity contribution >= 4 is 23.5 Å². The van der Waals surface area contributed by atoms with Gasteiger partial charge in [0.1, 0.15) is 23.5 Å². The van der Waals surface area contributed by atoms with Crippen molar-refractivity contribution in [2.45, 2.75) is 37.8 Å². The van der Waals surface area contributed by atoms with Gasteiger partial charge in [-0.1, -0.05) is 36.0 Å². The number of nitrogens with one attached hydrogen (secondary N) is 1. The number of hydrogen-bond donors (Lipinski definition) is 1. The number of carbonyl (C=O) groups is 1. The van der Waals surface area contributed by atoms with Gasteiger partial charge in [0.05, 0.1) is 17.0 Å². The second-order valence-electron chi connectivity index (χ2n) is 8.48. The number of nitrogens with zero attached hydrogens (tertiary/aromatic N) is 5. The molecule has 2 aromatic carbocycles. The Morgan fingerprint density at radius 2 is 1.86 bits per heavy atom. The maximum atomic E-state index is 13.9. The van der Waals surface area contributed by atoms with Crippen LogP contribution in [0.3, 0.4) is 0 Å². The van der Waals surface area contributed by atoms with Gasteiger partial charge in [-0.3, -0.25) is 13.9 Å². The first-order valence-electron chi connectivity index (χ1n) is 11.3. The van der Waals surface area contributed by atoms with E-state index in [1.165, 1.54) is 23.9 Å². The molecule has 1 fully saturated rings. The maximum Gasteiger partial charge on any atom is 0.236 e. The van der Waals surface area contributed by atoms with E-state index in [0.717, 1.165) is 35.6 Å². The molecule has 1 aliphatic rings. The minimum absolute atomic E-state index is 0.0763. The summed E-state index contributed by atoms with van der Waals surface area (Å²) < 4.78 is 17.7. The summed E-state index contributed by atoms with van der Waals surface area (Å²) in [5.41, 5.74) is 3.34. The van der Waals surface area contributed by atoms with Crippen molar-refractivity contribution in [2.75, 3.05) is 11.1 Å². The summed E-state index contributed by atoms with van der Waals surface area (Å²) in [4.78, 5) is 13.0.